The lowest BCUT2D eigenvalue weighted by molar-refractivity contribution is -0.0382. The minimum Gasteiger partial charge on any atom is -0.493 e. The van der Waals surface area contributed by atoms with Gasteiger partial charge in [-0.05, 0) is 73.9 Å². The smallest absolute Gasteiger partial charge is 0.335 e. The van der Waals surface area contributed by atoms with E-state index in [4.69, 9.17) is 9.47 Å². The second-order valence-corrected chi connectivity index (χ2v) is 10.1. The van der Waals surface area contributed by atoms with Gasteiger partial charge in [-0.15, -0.1) is 0 Å². The molecule has 6 rings (SSSR count). The fraction of sp³-hybridized carbons (Fsp3) is 0.464. The second-order valence-electron chi connectivity index (χ2n) is 10.1. The molecule has 1 aromatic heterocycles. The first-order valence-electron chi connectivity index (χ1n) is 12.5. The Morgan fingerprint density at radius 2 is 1.97 bits per heavy atom. The number of nitrogens with one attached hydrogen (secondary N) is 1. The number of carbonyl (C=O) groups is 1. The SMILES string of the molecule is Cc1cc2c(c3cc[nH]c13)C(N1CC[C@@H](OCC3CC3)C[C@@H]1c1ccc(C(=O)O)cc1)CCO2. The molecule has 3 atom stereocenters. The van der Waals surface area contributed by atoms with E-state index in [-0.39, 0.29) is 18.2 Å². The number of piperidine rings is 1. The second kappa shape index (κ2) is 8.75. The lowest BCUT2D eigenvalue weighted by Gasteiger charge is -2.46. The van der Waals surface area contributed by atoms with E-state index in [1.165, 1.54) is 34.9 Å². The van der Waals surface area contributed by atoms with Gasteiger partial charge in [0.1, 0.15) is 5.75 Å². The number of carboxylic acids is 1. The number of aryl methyl sites for hydroxylation is 1. The average Bonchev–Trinajstić information content (AvgIpc) is 3.55. The van der Waals surface area contributed by atoms with E-state index in [2.05, 4.69) is 28.9 Å². The predicted octanol–water partition coefficient (Wildman–Crippen LogP) is 5.63. The molecule has 1 saturated heterocycles. The Hall–Kier alpha value is -2.83. The summed E-state index contributed by atoms with van der Waals surface area (Å²) in [6.07, 6.45) is 7.73. The van der Waals surface area contributed by atoms with Crippen molar-refractivity contribution in [3.05, 3.63) is 64.8 Å². The molecule has 178 valence electrons. The fourth-order valence-corrected chi connectivity index (χ4v) is 5.83. The van der Waals surface area contributed by atoms with Crippen molar-refractivity contribution in [3.63, 3.8) is 0 Å². The zero-order chi connectivity index (χ0) is 23.2. The number of hydrogen-bond acceptors (Lipinski definition) is 4. The van der Waals surface area contributed by atoms with E-state index in [9.17, 15) is 9.90 Å². The van der Waals surface area contributed by atoms with Crippen LogP contribution in [0.5, 0.6) is 5.75 Å². The number of rotatable bonds is 6. The number of aromatic nitrogens is 1. The number of benzene rings is 2. The molecule has 1 unspecified atom stereocenters. The fourth-order valence-electron chi connectivity index (χ4n) is 5.83. The van der Waals surface area contributed by atoms with Crippen molar-refractivity contribution in [1.29, 1.82) is 0 Å². The molecule has 0 spiro atoms. The van der Waals surface area contributed by atoms with Crippen molar-refractivity contribution >= 4 is 16.9 Å². The molecule has 3 aliphatic rings. The van der Waals surface area contributed by atoms with E-state index in [1.54, 1.807) is 12.1 Å². The molecule has 1 saturated carbocycles. The van der Waals surface area contributed by atoms with Crippen molar-refractivity contribution in [2.24, 2.45) is 5.92 Å². The van der Waals surface area contributed by atoms with Crippen LogP contribution in [0.4, 0.5) is 0 Å². The summed E-state index contributed by atoms with van der Waals surface area (Å²) in [6, 6.07) is 12.2. The quantitative estimate of drug-likeness (QED) is 0.499. The number of hydrogen-bond donors (Lipinski definition) is 2. The molecule has 0 bridgehead atoms. The van der Waals surface area contributed by atoms with Gasteiger partial charge < -0.3 is 19.6 Å². The Kier molecular flexibility index (Phi) is 5.58. The van der Waals surface area contributed by atoms with Crippen LogP contribution >= 0.6 is 0 Å². The van der Waals surface area contributed by atoms with Gasteiger partial charge in [0, 0.05) is 54.3 Å². The van der Waals surface area contributed by atoms with Crippen LogP contribution in [0.2, 0.25) is 0 Å². The third kappa shape index (κ3) is 3.99. The van der Waals surface area contributed by atoms with E-state index in [0.29, 0.717) is 12.2 Å². The van der Waals surface area contributed by atoms with Crippen molar-refractivity contribution in [2.45, 2.75) is 57.2 Å². The van der Waals surface area contributed by atoms with Crippen LogP contribution in [-0.4, -0.2) is 46.8 Å². The van der Waals surface area contributed by atoms with E-state index in [0.717, 1.165) is 49.6 Å². The van der Waals surface area contributed by atoms with Crippen LogP contribution in [0.1, 0.15) is 71.2 Å². The van der Waals surface area contributed by atoms with Gasteiger partial charge in [-0.1, -0.05) is 12.1 Å². The first-order chi connectivity index (χ1) is 16.6. The van der Waals surface area contributed by atoms with Gasteiger partial charge in [-0.2, -0.15) is 0 Å². The molecule has 3 heterocycles. The summed E-state index contributed by atoms with van der Waals surface area (Å²) in [4.78, 5) is 17.5. The Bertz CT molecular complexity index is 1200. The highest BCUT2D eigenvalue weighted by Crippen LogP contribution is 2.47. The number of aromatic carboxylic acids is 1. The van der Waals surface area contributed by atoms with Crippen LogP contribution in [0.3, 0.4) is 0 Å². The van der Waals surface area contributed by atoms with Crippen molar-refractivity contribution in [3.8, 4) is 5.75 Å². The molecule has 1 aliphatic carbocycles. The molecule has 2 N–H and O–H groups in total. The zero-order valence-corrected chi connectivity index (χ0v) is 19.6. The predicted molar refractivity (Wildman–Crippen MR) is 130 cm³/mol. The van der Waals surface area contributed by atoms with Gasteiger partial charge in [-0.25, -0.2) is 4.79 Å². The number of fused-ring (bicyclic) bond motifs is 3. The summed E-state index contributed by atoms with van der Waals surface area (Å²) in [5, 5.41) is 10.6. The highest BCUT2D eigenvalue weighted by Gasteiger charge is 2.39. The molecule has 2 aliphatic heterocycles. The van der Waals surface area contributed by atoms with Gasteiger partial charge in [0.25, 0.3) is 0 Å². The van der Waals surface area contributed by atoms with Gasteiger partial charge >= 0.3 is 5.97 Å². The van der Waals surface area contributed by atoms with Crippen LogP contribution in [-0.2, 0) is 4.74 Å². The molecule has 0 radical (unpaired) electrons. The number of ether oxygens (including phenoxy) is 2. The van der Waals surface area contributed by atoms with Crippen LogP contribution in [0, 0.1) is 12.8 Å². The molecular weight excluding hydrogens is 428 g/mol. The normalized spacial score (nSPS) is 25.1. The number of H-pyrrole nitrogens is 1. The number of carboxylic acid groups (broad SMARTS) is 1. The maximum atomic E-state index is 11.4. The van der Waals surface area contributed by atoms with Gasteiger partial charge in [0.15, 0.2) is 0 Å². The summed E-state index contributed by atoms with van der Waals surface area (Å²) in [6.45, 7) is 4.65. The van der Waals surface area contributed by atoms with Gasteiger partial charge in [0.05, 0.1) is 18.3 Å². The van der Waals surface area contributed by atoms with Gasteiger partial charge in [-0.3, -0.25) is 4.90 Å². The monoisotopic (exact) mass is 460 g/mol. The van der Waals surface area contributed by atoms with E-state index >= 15 is 0 Å². The maximum absolute atomic E-state index is 11.4. The molecule has 2 fully saturated rings. The molecule has 3 aromatic rings. The van der Waals surface area contributed by atoms with Gasteiger partial charge in [0.2, 0.25) is 0 Å². The molecule has 0 amide bonds. The van der Waals surface area contributed by atoms with Crippen molar-refractivity contribution in [2.75, 3.05) is 19.8 Å². The number of likely N-dealkylation sites (tertiary alicyclic amines) is 1. The minimum absolute atomic E-state index is 0.173. The average molecular weight is 461 g/mol. The summed E-state index contributed by atoms with van der Waals surface area (Å²) < 4.78 is 12.5. The third-order valence-electron chi connectivity index (χ3n) is 7.83. The van der Waals surface area contributed by atoms with Crippen molar-refractivity contribution in [1.82, 2.24) is 9.88 Å². The van der Waals surface area contributed by atoms with Crippen LogP contribution in [0.15, 0.2) is 42.6 Å². The maximum Gasteiger partial charge on any atom is 0.335 e. The number of aromatic amines is 1. The standard InChI is InChI=1S/C28H32N2O4/c1-17-14-25-26(22-8-11-29-27(17)22)23(10-13-33-25)30-12-9-21(34-16-18-2-3-18)15-24(30)19-4-6-20(7-5-19)28(31)32/h4-8,11,14,18,21,23-24,29H,2-3,9-10,12-13,15-16H2,1H3,(H,31,32)/t21-,23?,24-/m1/s1. The highest BCUT2D eigenvalue weighted by atomic mass is 16.5. The lowest BCUT2D eigenvalue weighted by atomic mass is 9.86. The zero-order valence-electron chi connectivity index (χ0n) is 19.6. The largest absolute Gasteiger partial charge is 0.493 e. The Labute approximate surface area is 199 Å². The minimum atomic E-state index is -0.888. The molecule has 6 heteroatoms. The first kappa shape index (κ1) is 21.7. The Morgan fingerprint density at radius 1 is 1.15 bits per heavy atom. The number of nitrogens with zero attached hydrogens (tertiary/aromatic N) is 1. The summed E-state index contributed by atoms with van der Waals surface area (Å²) in [5.41, 5.74) is 5.15. The summed E-state index contributed by atoms with van der Waals surface area (Å²) >= 11 is 0. The third-order valence-corrected chi connectivity index (χ3v) is 7.83. The van der Waals surface area contributed by atoms with E-state index < -0.39 is 5.97 Å². The Morgan fingerprint density at radius 3 is 2.74 bits per heavy atom. The highest BCUT2D eigenvalue weighted by molar-refractivity contribution is 5.89. The van der Waals surface area contributed by atoms with E-state index in [1.807, 2.05) is 18.3 Å². The molecule has 2 aromatic carbocycles. The summed E-state index contributed by atoms with van der Waals surface area (Å²) in [5.74, 6) is 0.855. The molecule has 6 nitrogen and oxygen atoms in total. The Balaban J connectivity index is 1.36. The van der Waals surface area contributed by atoms with Crippen molar-refractivity contribution < 1.29 is 19.4 Å². The molecular formula is C28H32N2O4. The first-order valence-corrected chi connectivity index (χ1v) is 12.5. The lowest BCUT2D eigenvalue weighted by Crippen LogP contribution is -2.43. The van der Waals surface area contributed by atoms with Crippen LogP contribution in [0.25, 0.3) is 10.9 Å². The molecule has 34 heavy (non-hydrogen) atoms. The van der Waals surface area contributed by atoms with Crippen LogP contribution < -0.4 is 4.74 Å². The topological polar surface area (TPSA) is 74.8 Å². The summed E-state index contributed by atoms with van der Waals surface area (Å²) in [7, 11) is 0.